The van der Waals surface area contributed by atoms with Crippen LogP contribution in [0.2, 0.25) is 0 Å². The number of hydrogen-bond acceptors (Lipinski definition) is 2. The molecular weight excluding hydrogens is 174 g/mol. The molecule has 0 aliphatic rings. The number of hydrogen-bond donors (Lipinski definition) is 2. The summed E-state index contributed by atoms with van der Waals surface area (Å²) in [5.74, 6) is 0.778. The van der Waals surface area contributed by atoms with E-state index in [1.165, 1.54) is 12.8 Å². The Balaban J connectivity index is 3.38. The van der Waals surface area contributed by atoms with E-state index < -0.39 is 0 Å². The molecule has 0 fully saturated rings. The van der Waals surface area contributed by atoms with Crippen molar-refractivity contribution >= 4 is 0 Å². The summed E-state index contributed by atoms with van der Waals surface area (Å²) in [4.78, 5) is 0. The van der Waals surface area contributed by atoms with Crippen LogP contribution in [0.15, 0.2) is 0 Å². The molecule has 0 saturated carbocycles. The van der Waals surface area contributed by atoms with Crippen molar-refractivity contribution in [3.63, 3.8) is 0 Å². The first kappa shape index (κ1) is 13.9. The van der Waals surface area contributed by atoms with Crippen molar-refractivity contribution in [1.29, 1.82) is 0 Å². The van der Waals surface area contributed by atoms with Gasteiger partial charge in [-0.05, 0) is 32.1 Å². The average Bonchev–Trinajstić information content (AvgIpc) is 2.12. The molecule has 0 rings (SSSR count). The van der Waals surface area contributed by atoms with E-state index in [1.807, 2.05) is 0 Å². The number of aliphatic hydroxyl groups excluding tert-OH is 1. The van der Waals surface area contributed by atoms with Crippen molar-refractivity contribution in [2.45, 2.75) is 65.5 Å². The zero-order valence-electron chi connectivity index (χ0n) is 10.2. The average molecular weight is 201 g/mol. The number of rotatable bonds is 8. The summed E-state index contributed by atoms with van der Waals surface area (Å²) in [6, 6.07) is 0.531. The van der Waals surface area contributed by atoms with Crippen molar-refractivity contribution in [2.24, 2.45) is 5.92 Å². The smallest absolute Gasteiger partial charge is 0.0664 e. The lowest BCUT2D eigenvalue weighted by Gasteiger charge is -2.17. The van der Waals surface area contributed by atoms with Crippen LogP contribution in [0.1, 0.15) is 53.4 Å². The molecule has 0 aromatic carbocycles. The number of aliphatic hydroxyl groups is 1. The van der Waals surface area contributed by atoms with Gasteiger partial charge in [-0.25, -0.2) is 0 Å². The molecule has 0 radical (unpaired) electrons. The summed E-state index contributed by atoms with van der Waals surface area (Å²) in [6.45, 7) is 9.54. The monoisotopic (exact) mass is 201 g/mol. The third kappa shape index (κ3) is 8.52. The van der Waals surface area contributed by atoms with E-state index in [9.17, 15) is 5.11 Å². The van der Waals surface area contributed by atoms with Crippen LogP contribution in [0.3, 0.4) is 0 Å². The van der Waals surface area contributed by atoms with Crippen molar-refractivity contribution in [1.82, 2.24) is 5.32 Å². The maximum Gasteiger partial charge on any atom is 0.0664 e. The van der Waals surface area contributed by atoms with Crippen LogP contribution in [0.5, 0.6) is 0 Å². The highest BCUT2D eigenvalue weighted by Crippen LogP contribution is 2.06. The maximum absolute atomic E-state index is 9.51. The van der Waals surface area contributed by atoms with Gasteiger partial charge in [-0.1, -0.05) is 27.2 Å². The van der Waals surface area contributed by atoms with Gasteiger partial charge in [0.1, 0.15) is 0 Å². The zero-order valence-corrected chi connectivity index (χ0v) is 10.2. The van der Waals surface area contributed by atoms with Crippen LogP contribution in [0, 0.1) is 5.92 Å². The van der Waals surface area contributed by atoms with E-state index in [0.717, 1.165) is 25.3 Å². The molecule has 0 aromatic heterocycles. The Kier molecular flexibility index (Phi) is 8.20. The zero-order chi connectivity index (χ0) is 11.0. The Morgan fingerprint density at radius 3 is 2.21 bits per heavy atom. The number of nitrogens with one attached hydrogen (secondary N) is 1. The van der Waals surface area contributed by atoms with E-state index in [0.29, 0.717) is 6.04 Å². The van der Waals surface area contributed by atoms with Gasteiger partial charge < -0.3 is 10.4 Å². The van der Waals surface area contributed by atoms with Crippen LogP contribution in [0.4, 0.5) is 0 Å². The molecule has 14 heavy (non-hydrogen) atoms. The predicted molar refractivity (Wildman–Crippen MR) is 62.5 cm³/mol. The Morgan fingerprint density at radius 2 is 1.71 bits per heavy atom. The molecule has 0 bridgehead atoms. The van der Waals surface area contributed by atoms with Crippen LogP contribution in [-0.2, 0) is 0 Å². The van der Waals surface area contributed by atoms with E-state index in [4.69, 9.17) is 0 Å². The Morgan fingerprint density at radius 1 is 1.07 bits per heavy atom. The topological polar surface area (TPSA) is 32.3 Å². The van der Waals surface area contributed by atoms with Crippen molar-refractivity contribution in [2.75, 3.05) is 6.54 Å². The minimum atomic E-state index is -0.165. The van der Waals surface area contributed by atoms with E-state index >= 15 is 0 Å². The van der Waals surface area contributed by atoms with Gasteiger partial charge in [0.05, 0.1) is 6.10 Å². The van der Waals surface area contributed by atoms with Gasteiger partial charge >= 0.3 is 0 Å². The molecular formula is C12H27NO. The summed E-state index contributed by atoms with van der Waals surface area (Å²) in [6.07, 6.45) is 4.27. The Labute approximate surface area is 89.1 Å². The second-order valence-electron chi connectivity index (χ2n) is 4.72. The van der Waals surface area contributed by atoms with Gasteiger partial charge in [0.25, 0.3) is 0 Å². The molecule has 2 heteroatoms. The van der Waals surface area contributed by atoms with Gasteiger partial charge in [0.2, 0.25) is 0 Å². The molecule has 86 valence electrons. The van der Waals surface area contributed by atoms with Gasteiger partial charge in [-0.2, -0.15) is 0 Å². The SMILES string of the molecule is CCCC(O)CNC(C)CCC(C)C. The lowest BCUT2D eigenvalue weighted by molar-refractivity contribution is 0.156. The van der Waals surface area contributed by atoms with E-state index in [-0.39, 0.29) is 6.10 Å². The fourth-order valence-corrected chi connectivity index (χ4v) is 1.46. The molecule has 0 aliphatic heterocycles. The lowest BCUT2D eigenvalue weighted by Crippen LogP contribution is -2.33. The Hall–Kier alpha value is -0.0800. The fourth-order valence-electron chi connectivity index (χ4n) is 1.46. The quantitative estimate of drug-likeness (QED) is 0.632. The van der Waals surface area contributed by atoms with Crippen molar-refractivity contribution in [3.05, 3.63) is 0 Å². The molecule has 2 nitrogen and oxygen atoms in total. The molecule has 0 heterocycles. The molecule has 0 saturated heterocycles. The maximum atomic E-state index is 9.51. The predicted octanol–water partition coefficient (Wildman–Crippen LogP) is 2.56. The molecule has 0 spiro atoms. The van der Waals surface area contributed by atoms with Crippen LogP contribution in [0.25, 0.3) is 0 Å². The first-order valence-electron chi connectivity index (χ1n) is 5.97. The van der Waals surface area contributed by atoms with Crippen LogP contribution < -0.4 is 5.32 Å². The van der Waals surface area contributed by atoms with Crippen molar-refractivity contribution in [3.8, 4) is 0 Å². The van der Waals surface area contributed by atoms with E-state index in [2.05, 4.69) is 33.0 Å². The third-order valence-corrected chi connectivity index (χ3v) is 2.50. The highest BCUT2D eigenvalue weighted by Gasteiger charge is 2.06. The minimum absolute atomic E-state index is 0.165. The highest BCUT2D eigenvalue weighted by molar-refractivity contribution is 4.65. The third-order valence-electron chi connectivity index (χ3n) is 2.50. The van der Waals surface area contributed by atoms with E-state index in [1.54, 1.807) is 0 Å². The second kappa shape index (κ2) is 8.25. The Bertz CT molecular complexity index is 125. The summed E-state index contributed by atoms with van der Waals surface area (Å²) in [5.41, 5.74) is 0. The van der Waals surface area contributed by atoms with Crippen LogP contribution in [-0.4, -0.2) is 23.8 Å². The fraction of sp³-hybridized carbons (Fsp3) is 1.00. The first-order valence-corrected chi connectivity index (χ1v) is 5.97. The summed E-state index contributed by atoms with van der Waals surface area (Å²) in [7, 11) is 0. The summed E-state index contributed by atoms with van der Waals surface area (Å²) < 4.78 is 0. The molecule has 2 atom stereocenters. The standard InChI is InChI=1S/C12H27NO/c1-5-6-12(14)9-13-11(4)8-7-10(2)3/h10-14H,5-9H2,1-4H3. The molecule has 0 aliphatic carbocycles. The normalized spacial score (nSPS) is 15.9. The molecule has 0 aromatic rings. The molecule has 0 amide bonds. The molecule has 2 unspecified atom stereocenters. The van der Waals surface area contributed by atoms with Crippen molar-refractivity contribution < 1.29 is 5.11 Å². The largest absolute Gasteiger partial charge is 0.392 e. The minimum Gasteiger partial charge on any atom is -0.392 e. The van der Waals surface area contributed by atoms with Gasteiger partial charge in [-0.15, -0.1) is 0 Å². The first-order chi connectivity index (χ1) is 6.56. The highest BCUT2D eigenvalue weighted by atomic mass is 16.3. The van der Waals surface area contributed by atoms with Crippen LogP contribution >= 0.6 is 0 Å². The van der Waals surface area contributed by atoms with Gasteiger partial charge in [0.15, 0.2) is 0 Å². The summed E-state index contributed by atoms with van der Waals surface area (Å²) in [5, 5.41) is 12.9. The molecule has 2 N–H and O–H groups in total. The summed E-state index contributed by atoms with van der Waals surface area (Å²) >= 11 is 0. The second-order valence-corrected chi connectivity index (χ2v) is 4.72. The lowest BCUT2D eigenvalue weighted by atomic mass is 10.0. The van der Waals surface area contributed by atoms with Gasteiger partial charge in [-0.3, -0.25) is 0 Å². The van der Waals surface area contributed by atoms with Gasteiger partial charge in [0, 0.05) is 12.6 Å².